The molecule has 1 aromatic heterocycles. The fourth-order valence-electron chi connectivity index (χ4n) is 2.60. The second kappa shape index (κ2) is 7.61. The quantitative estimate of drug-likeness (QED) is 0.645. The van der Waals surface area contributed by atoms with Gasteiger partial charge in [0.15, 0.2) is 0 Å². The van der Waals surface area contributed by atoms with Crippen LogP contribution < -0.4 is 10.6 Å². The lowest BCUT2D eigenvalue weighted by Gasteiger charge is -2.07. The summed E-state index contributed by atoms with van der Waals surface area (Å²) < 4.78 is 12.8. The largest absolute Gasteiger partial charge is 0.361 e. The van der Waals surface area contributed by atoms with Crippen LogP contribution in [0.2, 0.25) is 0 Å². The van der Waals surface area contributed by atoms with E-state index in [0.29, 0.717) is 18.5 Å². The monoisotopic (exact) mass is 339 g/mol. The number of hydrogen-bond acceptors (Lipinski definition) is 2. The van der Waals surface area contributed by atoms with Crippen molar-refractivity contribution >= 4 is 22.7 Å². The molecule has 0 bridgehead atoms. The van der Waals surface area contributed by atoms with Gasteiger partial charge in [0.05, 0.1) is 6.54 Å². The minimum Gasteiger partial charge on any atom is -0.361 e. The van der Waals surface area contributed by atoms with E-state index >= 15 is 0 Å². The maximum Gasteiger partial charge on any atom is 0.251 e. The SMILES string of the molecule is O=C(CNC(=O)c1ccc(F)cc1)NCCc1c[nH]c2ccccc12. The van der Waals surface area contributed by atoms with Crippen molar-refractivity contribution in [1.82, 2.24) is 15.6 Å². The summed E-state index contributed by atoms with van der Waals surface area (Å²) in [6, 6.07) is 13.1. The first-order valence-corrected chi connectivity index (χ1v) is 7.99. The van der Waals surface area contributed by atoms with E-state index in [1.807, 2.05) is 30.5 Å². The lowest BCUT2D eigenvalue weighted by Crippen LogP contribution is -2.37. The number of aromatic amines is 1. The van der Waals surface area contributed by atoms with Crippen molar-refractivity contribution in [2.75, 3.05) is 13.1 Å². The van der Waals surface area contributed by atoms with Crippen molar-refractivity contribution in [1.29, 1.82) is 0 Å². The molecule has 0 aliphatic rings. The Morgan fingerprint density at radius 3 is 2.56 bits per heavy atom. The van der Waals surface area contributed by atoms with E-state index in [9.17, 15) is 14.0 Å². The van der Waals surface area contributed by atoms with Gasteiger partial charge in [-0.3, -0.25) is 9.59 Å². The van der Waals surface area contributed by atoms with Crippen LogP contribution in [-0.4, -0.2) is 29.9 Å². The molecule has 3 N–H and O–H groups in total. The van der Waals surface area contributed by atoms with Crippen molar-refractivity contribution in [3.8, 4) is 0 Å². The van der Waals surface area contributed by atoms with Crippen molar-refractivity contribution in [3.05, 3.63) is 71.7 Å². The predicted molar refractivity (Wildman–Crippen MR) is 93.7 cm³/mol. The zero-order valence-corrected chi connectivity index (χ0v) is 13.5. The van der Waals surface area contributed by atoms with E-state index < -0.39 is 11.7 Å². The molecule has 5 nitrogen and oxygen atoms in total. The number of fused-ring (bicyclic) bond motifs is 1. The number of rotatable bonds is 6. The molecule has 0 radical (unpaired) electrons. The van der Waals surface area contributed by atoms with Gasteiger partial charge in [-0.1, -0.05) is 18.2 Å². The minimum atomic E-state index is -0.411. The summed E-state index contributed by atoms with van der Waals surface area (Å²) in [5, 5.41) is 6.43. The second-order valence-electron chi connectivity index (χ2n) is 5.65. The molecule has 0 aliphatic carbocycles. The fourth-order valence-corrected chi connectivity index (χ4v) is 2.60. The number of hydrogen-bond donors (Lipinski definition) is 3. The Bertz CT molecular complexity index is 887. The molecule has 0 aliphatic heterocycles. The van der Waals surface area contributed by atoms with E-state index in [0.717, 1.165) is 16.5 Å². The van der Waals surface area contributed by atoms with Crippen molar-refractivity contribution in [3.63, 3.8) is 0 Å². The van der Waals surface area contributed by atoms with Gasteiger partial charge >= 0.3 is 0 Å². The Balaban J connectivity index is 1.44. The number of halogens is 1. The Hall–Kier alpha value is -3.15. The zero-order valence-electron chi connectivity index (χ0n) is 13.5. The molecule has 0 fully saturated rings. The summed E-state index contributed by atoms with van der Waals surface area (Å²) in [7, 11) is 0. The number of aromatic nitrogens is 1. The molecule has 3 aromatic rings. The Morgan fingerprint density at radius 2 is 1.76 bits per heavy atom. The molecule has 2 amide bonds. The van der Waals surface area contributed by atoms with Crippen LogP contribution in [-0.2, 0) is 11.2 Å². The van der Waals surface area contributed by atoms with Gasteiger partial charge in [-0.05, 0) is 42.3 Å². The van der Waals surface area contributed by atoms with Gasteiger partial charge < -0.3 is 15.6 Å². The smallest absolute Gasteiger partial charge is 0.251 e. The lowest BCUT2D eigenvalue weighted by molar-refractivity contribution is -0.120. The van der Waals surface area contributed by atoms with Gasteiger partial charge in [0, 0.05) is 29.2 Å². The van der Waals surface area contributed by atoms with Gasteiger partial charge in [-0.15, -0.1) is 0 Å². The molecule has 0 saturated carbocycles. The minimum absolute atomic E-state index is 0.121. The highest BCUT2D eigenvalue weighted by Gasteiger charge is 2.08. The summed E-state index contributed by atoms with van der Waals surface area (Å²) in [5.74, 6) is -1.09. The third kappa shape index (κ3) is 4.23. The van der Waals surface area contributed by atoms with E-state index in [-0.39, 0.29) is 12.5 Å². The van der Waals surface area contributed by atoms with E-state index in [1.54, 1.807) is 0 Å². The van der Waals surface area contributed by atoms with Gasteiger partial charge in [-0.25, -0.2) is 4.39 Å². The molecule has 1 heterocycles. The highest BCUT2D eigenvalue weighted by molar-refractivity contribution is 5.96. The average molecular weight is 339 g/mol. The lowest BCUT2D eigenvalue weighted by atomic mass is 10.1. The Kier molecular flexibility index (Phi) is 5.09. The van der Waals surface area contributed by atoms with Crippen molar-refractivity contribution in [2.45, 2.75) is 6.42 Å². The maximum absolute atomic E-state index is 12.8. The Labute approximate surface area is 144 Å². The molecule has 0 saturated heterocycles. The van der Waals surface area contributed by atoms with Crippen LogP contribution in [0, 0.1) is 5.82 Å². The van der Waals surface area contributed by atoms with Crippen LogP contribution in [0.15, 0.2) is 54.7 Å². The maximum atomic E-state index is 12.8. The summed E-state index contributed by atoms with van der Waals surface area (Å²) >= 11 is 0. The zero-order chi connectivity index (χ0) is 17.6. The molecular formula is C19H18FN3O2. The summed E-state index contributed by atoms with van der Waals surface area (Å²) in [5.41, 5.74) is 2.51. The molecule has 0 atom stereocenters. The number of carbonyl (C=O) groups is 2. The third-order valence-corrected chi connectivity index (χ3v) is 3.91. The van der Waals surface area contributed by atoms with Gasteiger partial charge in [-0.2, -0.15) is 0 Å². The van der Waals surface area contributed by atoms with Gasteiger partial charge in [0.1, 0.15) is 5.82 Å². The molecule has 6 heteroatoms. The first-order valence-electron chi connectivity index (χ1n) is 7.99. The highest BCUT2D eigenvalue weighted by Crippen LogP contribution is 2.17. The number of H-pyrrole nitrogens is 1. The van der Waals surface area contributed by atoms with E-state index in [1.165, 1.54) is 24.3 Å². The molecule has 2 aromatic carbocycles. The van der Waals surface area contributed by atoms with Crippen LogP contribution in [0.4, 0.5) is 4.39 Å². The number of carbonyl (C=O) groups excluding carboxylic acids is 2. The molecule has 0 spiro atoms. The summed E-state index contributed by atoms with van der Waals surface area (Å²) in [4.78, 5) is 26.9. The predicted octanol–water partition coefficient (Wildman–Crippen LogP) is 2.40. The summed E-state index contributed by atoms with van der Waals surface area (Å²) in [6.07, 6.45) is 2.63. The van der Waals surface area contributed by atoms with Gasteiger partial charge in [0.2, 0.25) is 5.91 Å². The topological polar surface area (TPSA) is 74.0 Å². The van der Waals surface area contributed by atoms with E-state index in [4.69, 9.17) is 0 Å². The fraction of sp³-hybridized carbons (Fsp3) is 0.158. The number of nitrogens with one attached hydrogen (secondary N) is 3. The van der Waals surface area contributed by atoms with E-state index in [2.05, 4.69) is 15.6 Å². The third-order valence-electron chi connectivity index (χ3n) is 3.91. The Morgan fingerprint density at radius 1 is 1.00 bits per heavy atom. The van der Waals surface area contributed by atoms with Crippen LogP contribution in [0.5, 0.6) is 0 Å². The molecule has 25 heavy (non-hydrogen) atoms. The first kappa shape index (κ1) is 16.7. The standard InChI is InChI=1S/C19H18FN3O2/c20-15-7-5-13(6-8-15)19(25)23-12-18(24)21-10-9-14-11-22-17-4-2-1-3-16(14)17/h1-8,11,22H,9-10,12H2,(H,21,24)(H,23,25). The number of amides is 2. The normalized spacial score (nSPS) is 10.6. The molecule has 128 valence electrons. The van der Waals surface area contributed by atoms with Crippen LogP contribution in [0.1, 0.15) is 15.9 Å². The summed E-state index contributed by atoms with van der Waals surface area (Å²) in [6.45, 7) is 0.358. The number of para-hydroxylation sites is 1. The van der Waals surface area contributed by atoms with Crippen LogP contribution in [0.3, 0.4) is 0 Å². The van der Waals surface area contributed by atoms with Gasteiger partial charge in [0.25, 0.3) is 5.91 Å². The molecular weight excluding hydrogens is 321 g/mol. The molecule has 0 unspecified atom stereocenters. The van der Waals surface area contributed by atoms with Crippen molar-refractivity contribution < 1.29 is 14.0 Å². The molecule has 3 rings (SSSR count). The average Bonchev–Trinajstić information content (AvgIpc) is 3.04. The van der Waals surface area contributed by atoms with Crippen LogP contribution in [0.25, 0.3) is 10.9 Å². The highest BCUT2D eigenvalue weighted by atomic mass is 19.1. The van der Waals surface area contributed by atoms with Crippen LogP contribution >= 0.6 is 0 Å². The first-order chi connectivity index (χ1) is 12.1. The second-order valence-corrected chi connectivity index (χ2v) is 5.65. The van der Waals surface area contributed by atoms with Crippen molar-refractivity contribution in [2.24, 2.45) is 0 Å². The number of benzene rings is 2.